The molecule has 4 nitrogen and oxygen atoms in total. The lowest BCUT2D eigenvalue weighted by Gasteiger charge is -2.09. The molecule has 0 aliphatic carbocycles. The molecule has 17 heavy (non-hydrogen) atoms. The lowest BCUT2D eigenvalue weighted by Crippen LogP contribution is -2.29. The van der Waals surface area contributed by atoms with Crippen molar-refractivity contribution in [3.05, 3.63) is 36.0 Å². The fourth-order valence-electron chi connectivity index (χ4n) is 1.63. The van der Waals surface area contributed by atoms with Crippen molar-refractivity contribution in [1.29, 1.82) is 0 Å². The number of carbonyl (C=O) groups is 1. The van der Waals surface area contributed by atoms with Crippen LogP contribution in [-0.4, -0.2) is 29.1 Å². The summed E-state index contributed by atoms with van der Waals surface area (Å²) < 4.78 is 0. The Bertz CT molecular complexity index is 519. The molecule has 0 saturated carbocycles. The molecule has 1 aromatic carbocycles. The summed E-state index contributed by atoms with van der Waals surface area (Å²) in [7, 11) is 0. The number of fused-ring (bicyclic) bond motifs is 1. The lowest BCUT2D eigenvalue weighted by molar-refractivity contribution is 0.0942. The molecule has 0 spiro atoms. The van der Waals surface area contributed by atoms with Gasteiger partial charge >= 0.3 is 0 Å². The van der Waals surface area contributed by atoms with E-state index in [1.807, 2.05) is 31.3 Å². The first-order chi connectivity index (χ1) is 8.20. The number of aliphatic hydroxyl groups excluding tert-OH is 1. The predicted octanol–water partition coefficient (Wildman–Crippen LogP) is 1.53. The number of aromatic amines is 1. The van der Waals surface area contributed by atoms with E-state index in [-0.39, 0.29) is 18.4 Å². The number of H-pyrrole nitrogens is 1. The van der Waals surface area contributed by atoms with Gasteiger partial charge in [0.05, 0.1) is 0 Å². The molecular weight excluding hydrogens is 216 g/mol. The molecule has 0 radical (unpaired) electrons. The number of rotatable bonds is 4. The van der Waals surface area contributed by atoms with Gasteiger partial charge in [-0.2, -0.15) is 0 Å². The minimum Gasteiger partial charge on any atom is -0.396 e. The first-order valence-electron chi connectivity index (χ1n) is 5.67. The number of aliphatic hydroxyl groups is 1. The second-order valence-electron chi connectivity index (χ2n) is 4.28. The zero-order valence-corrected chi connectivity index (χ0v) is 9.73. The van der Waals surface area contributed by atoms with Crippen LogP contribution >= 0.6 is 0 Å². The Morgan fingerprint density at radius 1 is 1.47 bits per heavy atom. The molecular formula is C13H16N2O2. The van der Waals surface area contributed by atoms with E-state index in [9.17, 15) is 4.79 Å². The normalized spacial score (nSPS) is 12.6. The monoisotopic (exact) mass is 232 g/mol. The Kier molecular flexibility index (Phi) is 3.44. The van der Waals surface area contributed by atoms with Crippen molar-refractivity contribution in [3.8, 4) is 0 Å². The van der Waals surface area contributed by atoms with Gasteiger partial charge in [0.25, 0.3) is 5.91 Å². The third-order valence-electron chi connectivity index (χ3n) is 2.74. The van der Waals surface area contributed by atoms with Gasteiger partial charge in [0.15, 0.2) is 0 Å². The number of benzene rings is 1. The maximum Gasteiger partial charge on any atom is 0.251 e. The molecule has 2 aromatic rings. The summed E-state index contributed by atoms with van der Waals surface area (Å²) in [6.45, 7) is 2.45. The molecule has 1 atom stereocenters. The first-order valence-corrected chi connectivity index (χ1v) is 5.67. The maximum absolute atomic E-state index is 11.8. The Hall–Kier alpha value is -1.81. The Morgan fingerprint density at radius 3 is 3.06 bits per heavy atom. The number of aromatic nitrogens is 1. The second kappa shape index (κ2) is 5.01. The quantitative estimate of drug-likeness (QED) is 0.748. The maximum atomic E-state index is 11.8. The highest BCUT2D eigenvalue weighted by molar-refractivity contribution is 5.98. The van der Waals surface area contributed by atoms with Crippen molar-refractivity contribution in [2.45, 2.75) is 6.92 Å². The van der Waals surface area contributed by atoms with Gasteiger partial charge in [-0.05, 0) is 30.2 Å². The average Bonchev–Trinajstić information content (AvgIpc) is 2.82. The molecule has 0 aliphatic heterocycles. The van der Waals surface area contributed by atoms with Crippen LogP contribution in [0.4, 0.5) is 0 Å². The van der Waals surface area contributed by atoms with Crippen LogP contribution in [0.1, 0.15) is 17.3 Å². The first kappa shape index (κ1) is 11.7. The molecule has 1 aromatic heterocycles. The van der Waals surface area contributed by atoms with Gasteiger partial charge in [0, 0.05) is 35.8 Å². The zero-order valence-electron chi connectivity index (χ0n) is 9.73. The molecule has 3 N–H and O–H groups in total. The summed E-state index contributed by atoms with van der Waals surface area (Å²) in [5.41, 5.74) is 1.66. The Balaban J connectivity index is 2.08. The average molecular weight is 232 g/mol. The van der Waals surface area contributed by atoms with E-state index in [1.165, 1.54) is 0 Å². The van der Waals surface area contributed by atoms with Crippen LogP contribution in [0, 0.1) is 5.92 Å². The summed E-state index contributed by atoms with van der Waals surface area (Å²) in [4.78, 5) is 14.9. The lowest BCUT2D eigenvalue weighted by atomic mass is 10.1. The number of hydrogen-bond acceptors (Lipinski definition) is 2. The fourth-order valence-corrected chi connectivity index (χ4v) is 1.63. The summed E-state index contributed by atoms with van der Waals surface area (Å²) >= 11 is 0. The van der Waals surface area contributed by atoms with Crippen LogP contribution < -0.4 is 5.32 Å². The number of nitrogens with one attached hydrogen (secondary N) is 2. The van der Waals surface area contributed by atoms with Crippen molar-refractivity contribution in [2.75, 3.05) is 13.2 Å². The van der Waals surface area contributed by atoms with E-state index in [4.69, 9.17) is 5.11 Å². The summed E-state index contributed by atoms with van der Waals surface area (Å²) in [5, 5.41) is 12.7. The van der Waals surface area contributed by atoms with Crippen LogP contribution in [0.3, 0.4) is 0 Å². The van der Waals surface area contributed by atoms with Crippen molar-refractivity contribution in [3.63, 3.8) is 0 Å². The van der Waals surface area contributed by atoms with E-state index < -0.39 is 0 Å². The van der Waals surface area contributed by atoms with Crippen LogP contribution in [0.2, 0.25) is 0 Å². The smallest absolute Gasteiger partial charge is 0.251 e. The predicted molar refractivity (Wildman–Crippen MR) is 66.9 cm³/mol. The van der Waals surface area contributed by atoms with Crippen LogP contribution in [-0.2, 0) is 0 Å². The van der Waals surface area contributed by atoms with E-state index in [1.54, 1.807) is 6.07 Å². The van der Waals surface area contributed by atoms with E-state index in [0.29, 0.717) is 12.1 Å². The second-order valence-corrected chi connectivity index (χ2v) is 4.28. The number of amides is 1. The molecule has 1 amide bonds. The minimum absolute atomic E-state index is 0.0786. The molecule has 1 unspecified atom stereocenters. The van der Waals surface area contributed by atoms with Gasteiger partial charge in [-0.3, -0.25) is 4.79 Å². The zero-order chi connectivity index (χ0) is 12.3. The topological polar surface area (TPSA) is 65.1 Å². The van der Waals surface area contributed by atoms with E-state index in [2.05, 4.69) is 10.3 Å². The van der Waals surface area contributed by atoms with Crippen LogP contribution in [0.5, 0.6) is 0 Å². The molecule has 0 bridgehead atoms. The standard InChI is InChI=1S/C13H16N2O2/c1-9(8-16)7-15-13(17)11-2-3-12-10(6-11)4-5-14-12/h2-6,9,14,16H,7-8H2,1H3,(H,15,17). The van der Waals surface area contributed by atoms with Crippen molar-refractivity contribution in [1.82, 2.24) is 10.3 Å². The van der Waals surface area contributed by atoms with Gasteiger partial charge in [-0.25, -0.2) is 0 Å². The highest BCUT2D eigenvalue weighted by atomic mass is 16.3. The van der Waals surface area contributed by atoms with Gasteiger partial charge in [0.1, 0.15) is 0 Å². The van der Waals surface area contributed by atoms with Gasteiger partial charge in [-0.15, -0.1) is 0 Å². The highest BCUT2D eigenvalue weighted by Crippen LogP contribution is 2.14. The number of carbonyl (C=O) groups excluding carboxylic acids is 1. The van der Waals surface area contributed by atoms with Crippen LogP contribution in [0.25, 0.3) is 10.9 Å². The van der Waals surface area contributed by atoms with E-state index in [0.717, 1.165) is 10.9 Å². The van der Waals surface area contributed by atoms with Crippen molar-refractivity contribution in [2.24, 2.45) is 5.92 Å². The summed E-state index contributed by atoms with van der Waals surface area (Å²) in [6.07, 6.45) is 1.85. The minimum atomic E-state index is -0.103. The van der Waals surface area contributed by atoms with E-state index >= 15 is 0 Å². The SMILES string of the molecule is CC(CO)CNC(=O)c1ccc2[nH]ccc2c1. The highest BCUT2D eigenvalue weighted by Gasteiger charge is 2.08. The fraction of sp³-hybridized carbons (Fsp3) is 0.308. The van der Waals surface area contributed by atoms with Gasteiger partial charge in [-0.1, -0.05) is 6.92 Å². The Labute approximate surface area is 99.7 Å². The van der Waals surface area contributed by atoms with Crippen molar-refractivity contribution >= 4 is 16.8 Å². The molecule has 0 aliphatic rings. The Morgan fingerprint density at radius 2 is 2.29 bits per heavy atom. The molecule has 90 valence electrons. The molecule has 4 heteroatoms. The van der Waals surface area contributed by atoms with Gasteiger partial charge < -0.3 is 15.4 Å². The third-order valence-corrected chi connectivity index (χ3v) is 2.74. The summed E-state index contributed by atoms with van der Waals surface area (Å²) in [5.74, 6) is -0.0247. The number of hydrogen-bond donors (Lipinski definition) is 3. The third kappa shape index (κ3) is 2.65. The van der Waals surface area contributed by atoms with Gasteiger partial charge in [0.2, 0.25) is 0 Å². The molecule has 0 saturated heterocycles. The molecule has 1 heterocycles. The van der Waals surface area contributed by atoms with Crippen molar-refractivity contribution < 1.29 is 9.90 Å². The molecule has 2 rings (SSSR count). The van der Waals surface area contributed by atoms with Crippen LogP contribution in [0.15, 0.2) is 30.5 Å². The molecule has 0 fully saturated rings. The summed E-state index contributed by atoms with van der Waals surface area (Å²) in [6, 6.07) is 7.46. The largest absolute Gasteiger partial charge is 0.396 e.